The number of likely N-dealkylation sites (N-methyl/N-ethyl adjacent to an activating group) is 1. The molecule has 0 unspecified atom stereocenters. The average Bonchev–Trinajstić information content (AvgIpc) is 2.98. The van der Waals surface area contributed by atoms with Gasteiger partial charge in [0, 0.05) is 17.9 Å². The minimum absolute atomic E-state index is 0. The molecule has 1 aliphatic carbocycles. The predicted molar refractivity (Wildman–Crippen MR) is 95.0 cm³/mol. The van der Waals surface area contributed by atoms with E-state index in [-0.39, 0.29) is 12.4 Å². The summed E-state index contributed by atoms with van der Waals surface area (Å²) in [6, 6.07) is 21.0. The standard InChI is InChI=1S/C20H23N.ClH/c1-2-21-13-12-18-16-10-6-7-11-17(16)19(14-20(18)21)15-8-4-3-5-9-15;/h3-11,18-20H,2,12-14H2,1H3;1H/t18-,19+,20+;/m1./s1. The molecule has 1 aliphatic heterocycles. The molecule has 1 heterocycles. The molecule has 2 aliphatic rings. The van der Waals surface area contributed by atoms with E-state index in [1.54, 1.807) is 11.1 Å². The lowest BCUT2D eigenvalue weighted by Gasteiger charge is -2.38. The van der Waals surface area contributed by atoms with Gasteiger partial charge in [0.25, 0.3) is 0 Å². The average molecular weight is 314 g/mol. The summed E-state index contributed by atoms with van der Waals surface area (Å²) in [7, 11) is 0. The Labute approximate surface area is 139 Å². The summed E-state index contributed by atoms with van der Waals surface area (Å²) in [6.07, 6.45) is 2.61. The highest BCUT2D eigenvalue weighted by Gasteiger charge is 2.41. The Morgan fingerprint density at radius 2 is 1.64 bits per heavy atom. The SMILES string of the molecule is CCN1CC[C@@H]2c3ccccc3[C@H](c3ccccc3)C[C@@H]21.Cl. The zero-order valence-electron chi connectivity index (χ0n) is 13.1. The summed E-state index contributed by atoms with van der Waals surface area (Å²) in [5, 5.41) is 0. The molecule has 116 valence electrons. The van der Waals surface area contributed by atoms with Crippen molar-refractivity contribution in [2.75, 3.05) is 13.1 Å². The maximum absolute atomic E-state index is 2.69. The van der Waals surface area contributed by atoms with Crippen molar-refractivity contribution >= 4 is 12.4 Å². The van der Waals surface area contributed by atoms with Crippen molar-refractivity contribution in [1.29, 1.82) is 0 Å². The third-order valence-electron chi connectivity index (χ3n) is 5.52. The molecule has 0 saturated carbocycles. The van der Waals surface area contributed by atoms with Gasteiger partial charge in [-0.25, -0.2) is 0 Å². The van der Waals surface area contributed by atoms with Crippen LogP contribution in [0.15, 0.2) is 54.6 Å². The molecule has 1 nitrogen and oxygen atoms in total. The molecule has 0 aromatic heterocycles. The molecule has 1 saturated heterocycles. The lowest BCUT2D eigenvalue weighted by molar-refractivity contribution is 0.230. The molecule has 0 amide bonds. The number of benzene rings is 2. The fourth-order valence-electron chi connectivity index (χ4n) is 4.52. The van der Waals surface area contributed by atoms with Gasteiger partial charge in [-0.1, -0.05) is 61.5 Å². The molecule has 4 rings (SSSR count). The number of fused-ring (bicyclic) bond motifs is 3. The zero-order chi connectivity index (χ0) is 14.2. The van der Waals surface area contributed by atoms with Crippen molar-refractivity contribution in [3.8, 4) is 0 Å². The van der Waals surface area contributed by atoms with Crippen molar-refractivity contribution in [3.05, 3.63) is 71.3 Å². The molecule has 0 bridgehead atoms. The van der Waals surface area contributed by atoms with Crippen LogP contribution in [0.1, 0.15) is 48.3 Å². The first-order valence-corrected chi connectivity index (χ1v) is 8.26. The van der Waals surface area contributed by atoms with Crippen LogP contribution in [-0.4, -0.2) is 24.0 Å². The quantitative estimate of drug-likeness (QED) is 0.768. The summed E-state index contributed by atoms with van der Waals surface area (Å²) in [5.74, 6) is 1.32. The van der Waals surface area contributed by atoms with Gasteiger partial charge in [-0.3, -0.25) is 4.90 Å². The van der Waals surface area contributed by atoms with E-state index in [1.165, 1.54) is 31.5 Å². The van der Waals surface area contributed by atoms with Crippen LogP contribution in [0.4, 0.5) is 0 Å². The van der Waals surface area contributed by atoms with Crippen molar-refractivity contribution < 1.29 is 0 Å². The van der Waals surface area contributed by atoms with E-state index in [1.807, 2.05) is 0 Å². The summed E-state index contributed by atoms with van der Waals surface area (Å²) in [4.78, 5) is 2.69. The van der Waals surface area contributed by atoms with Crippen molar-refractivity contribution in [3.63, 3.8) is 0 Å². The Balaban J connectivity index is 0.00000144. The van der Waals surface area contributed by atoms with Crippen molar-refractivity contribution in [2.45, 2.75) is 37.6 Å². The van der Waals surface area contributed by atoms with Crippen LogP contribution in [0, 0.1) is 0 Å². The van der Waals surface area contributed by atoms with Gasteiger partial charge in [-0.15, -0.1) is 12.4 Å². The molecule has 2 aromatic rings. The topological polar surface area (TPSA) is 3.24 Å². The smallest absolute Gasteiger partial charge is 0.0173 e. The number of halogens is 1. The summed E-state index contributed by atoms with van der Waals surface area (Å²) >= 11 is 0. The molecule has 2 heteroatoms. The fraction of sp³-hybridized carbons (Fsp3) is 0.400. The second-order valence-corrected chi connectivity index (χ2v) is 6.42. The van der Waals surface area contributed by atoms with Crippen LogP contribution in [0.2, 0.25) is 0 Å². The van der Waals surface area contributed by atoms with Gasteiger partial charge in [-0.05, 0) is 42.6 Å². The highest BCUT2D eigenvalue weighted by Crippen LogP contribution is 2.48. The summed E-state index contributed by atoms with van der Waals surface area (Å²) in [6.45, 7) is 4.76. The van der Waals surface area contributed by atoms with Gasteiger partial charge in [-0.2, -0.15) is 0 Å². The van der Waals surface area contributed by atoms with Crippen LogP contribution in [0.25, 0.3) is 0 Å². The van der Waals surface area contributed by atoms with Crippen LogP contribution in [0.3, 0.4) is 0 Å². The largest absolute Gasteiger partial charge is 0.300 e. The maximum Gasteiger partial charge on any atom is 0.0173 e. The molecule has 0 N–H and O–H groups in total. The normalized spacial score (nSPS) is 26.9. The monoisotopic (exact) mass is 313 g/mol. The number of likely N-dealkylation sites (tertiary alicyclic amines) is 1. The Hall–Kier alpha value is -1.31. The second-order valence-electron chi connectivity index (χ2n) is 6.42. The van der Waals surface area contributed by atoms with Crippen LogP contribution >= 0.6 is 12.4 Å². The van der Waals surface area contributed by atoms with Gasteiger partial charge in [0.15, 0.2) is 0 Å². The lowest BCUT2D eigenvalue weighted by atomic mass is 9.71. The van der Waals surface area contributed by atoms with E-state index in [9.17, 15) is 0 Å². The van der Waals surface area contributed by atoms with Crippen molar-refractivity contribution in [1.82, 2.24) is 4.90 Å². The minimum Gasteiger partial charge on any atom is -0.300 e. The van der Waals surface area contributed by atoms with Gasteiger partial charge in [0.2, 0.25) is 0 Å². The van der Waals surface area contributed by atoms with Crippen LogP contribution in [-0.2, 0) is 0 Å². The van der Waals surface area contributed by atoms with Gasteiger partial charge < -0.3 is 0 Å². The Bertz CT molecular complexity index is 625. The van der Waals surface area contributed by atoms with Crippen LogP contribution < -0.4 is 0 Å². The summed E-state index contributed by atoms with van der Waals surface area (Å²) < 4.78 is 0. The van der Waals surface area contributed by atoms with E-state index in [0.29, 0.717) is 5.92 Å². The third kappa shape index (κ3) is 2.47. The Morgan fingerprint density at radius 1 is 0.955 bits per heavy atom. The highest BCUT2D eigenvalue weighted by atomic mass is 35.5. The van der Waals surface area contributed by atoms with E-state index >= 15 is 0 Å². The lowest BCUT2D eigenvalue weighted by Crippen LogP contribution is -2.36. The highest BCUT2D eigenvalue weighted by molar-refractivity contribution is 5.85. The van der Waals surface area contributed by atoms with Gasteiger partial charge in [0.1, 0.15) is 0 Å². The van der Waals surface area contributed by atoms with Gasteiger partial charge >= 0.3 is 0 Å². The molecular formula is C20H24ClN. The molecule has 22 heavy (non-hydrogen) atoms. The molecule has 0 radical (unpaired) electrons. The third-order valence-corrected chi connectivity index (χ3v) is 5.52. The summed E-state index contributed by atoms with van der Waals surface area (Å²) in [5.41, 5.74) is 4.66. The van der Waals surface area contributed by atoms with Gasteiger partial charge in [0.05, 0.1) is 0 Å². The number of hydrogen-bond donors (Lipinski definition) is 0. The minimum atomic E-state index is 0. The predicted octanol–water partition coefficient (Wildman–Crippen LogP) is 4.82. The first kappa shape index (κ1) is 15.6. The second kappa shape index (κ2) is 6.44. The number of rotatable bonds is 2. The Kier molecular flexibility index (Phi) is 4.56. The van der Waals surface area contributed by atoms with Crippen LogP contribution in [0.5, 0.6) is 0 Å². The molecule has 3 atom stereocenters. The maximum atomic E-state index is 2.69. The first-order valence-electron chi connectivity index (χ1n) is 8.26. The molecule has 0 spiro atoms. The number of nitrogens with zero attached hydrogens (tertiary/aromatic N) is 1. The molecular weight excluding hydrogens is 290 g/mol. The number of hydrogen-bond acceptors (Lipinski definition) is 1. The van der Waals surface area contributed by atoms with E-state index in [0.717, 1.165) is 12.0 Å². The Morgan fingerprint density at radius 3 is 2.36 bits per heavy atom. The fourth-order valence-corrected chi connectivity index (χ4v) is 4.52. The molecule has 2 aromatic carbocycles. The van der Waals surface area contributed by atoms with E-state index in [4.69, 9.17) is 0 Å². The zero-order valence-corrected chi connectivity index (χ0v) is 13.9. The van der Waals surface area contributed by atoms with E-state index < -0.39 is 0 Å². The van der Waals surface area contributed by atoms with E-state index in [2.05, 4.69) is 66.4 Å². The first-order chi connectivity index (χ1) is 10.4. The molecule has 1 fully saturated rings. The van der Waals surface area contributed by atoms with Crippen molar-refractivity contribution in [2.24, 2.45) is 0 Å².